The zero-order valence-electron chi connectivity index (χ0n) is 10.3. The third-order valence-electron chi connectivity index (χ3n) is 4.16. The third kappa shape index (κ3) is 1.86. The van der Waals surface area contributed by atoms with Gasteiger partial charge in [-0.3, -0.25) is 4.79 Å². The van der Waals surface area contributed by atoms with Crippen molar-refractivity contribution >= 4 is 21.8 Å². The predicted octanol–water partition coefficient (Wildman–Crippen LogP) is 1.52. The van der Waals surface area contributed by atoms with Crippen LogP contribution in [-0.4, -0.2) is 41.5 Å². The van der Waals surface area contributed by atoms with E-state index in [0.29, 0.717) is 23.6 Å². The molecule has 0 aliphatic carbocycles. The predicted molar refractivity (Wildman–Crippen MR) is 72.3 cm³/mol. The van der Waals surface area contributed by atoms with Crippen molar-refractivity contribution in [2.75, 3.05) is 19.6 Å². The topological polar surface area (TPSA) is 45.2 Å². The molecule has 96 valence electrons. The smallest absolute Gasteiger partial charge is 0.273 e. The fraction of sp³-hybridized carbons (Fsp3) is 0.538. The number of carbonyl (C=O) groups is 1. The first-order chi connectivity index (χ1) is 8.68. The summed E-state index contributed by atoms with van der Waals surface area (Å²) in [7, 11) is 0. The van der Waals surface area contributed by atoms with Crippen LogP contribution in [0.3, 0.4) is 0 Å². The standard InChI is InChI=1S/C13H16BrN3O/c1-8-10-6-15-5-9(10)7-17(8)13(18)12-11(14)3-2-4-16-12/h2-4,8-10,15H,5-7H2,1H3. The minimum Gasteiger partial charge on any atom is -0.334 e. The van der Waals surface area contributed by atoms with Crippen molar-refractivity contribution < 1.29 is 4.79 Å². The highest BCUT2D eigenvalue weighted by Crippen LogP contribution is 2.33. The maximum atomic E-state index is 12.5. The number of pyridine rings is 1. The Morgan fingerprint density at radius 1 is 1.56 bits per heavy atom. The number of amides is 1. The minimum absolute atomic E-state index is 0.0457. The van der Waals surface area contributed by atoms with Crippen molar-refractivity contribution in [3.8, 4) is 0 Å². The fourth-order valence-electron chi connectivity index (χ4n) is 3.11. The van der Waals surface area contributed by atoms with Gasteiger partial charge in [0, 0.05) is 36.3 Å². The number of fused-ring (bicyclic) bond motifs is 1. The number of likely N-dealkylation sites (tertiary alicyclic amines) is 1. The van der Waals surface area contributed by atoms with E-state index in [-0.39, 0.29) is 5.91 Å². The lowest BCUT2D eigenvalue weighted by Crippen LogP contribution is -2.38. The van der Waals surface area contributed by atoms with Gasteiger partial charge in [-0.25, -0.2) is 4.98 Å². The molecule has 0 radical (unpaired) electrons. The molecule has 3 heterocycles. The van der Waals surface area contributed by atoms with E-state index in [2.05, 4.69) is 33.2 Å². The van der Waals surface area contributed by atoms with Gasteiger partial charge in [0.1, 0.15) is 5.69 Å². The number of aromatic nitrogens is 1. The van der Waals surface area contributed by atoms with Crippen LogP contribution in [0.4, 0.5) is 0 Å². The summed E-state index contributed by atoms with van der Waals surface area (Å²) >= 11 is 3.40. The van der Waals surface area contributed by atoms with E-state index in [9.17, 15) is 4.79 Å². The molecular formula is C13H16BrN3O. The number of hydrogen-bond acceptors (Lipinski definition) is 3. The highest BCUT2D eigenvalue weighted by molar-refractivity contribution is 9.10. The molecule has 2 aliphatic heterocycles. The molecule has 1 amide bonds. The van der Waals surface area contributed by atoms with Gasteiger partial charge in [0.15, 0.2) is 0 Å². The van der Waals surface area contributed by atoms with Crippen LogP contribution in [0.2, 0.25) is 0 Å². The number of halogens is 1. The van der Waals surface area contributed by atoms with Crippen molar-refractivity contribution in [2.45, 2.75) is 13.0 Å². The molecule has 1 N–H and O–H groups in total. The molecule has 0 aromatic carbocycles. The fourth-order valence-corrected chi connectivity index (χ4v) is 3.54. The average Bonchev–Trinajstić information content (AvgIpc) is 2.93. The van der Waals surface area contributed by atoms with Crippen LogP contribution < -0.4 is 5.32 Å². The number of carbonyl (C=O) groups excluding carboxylic acids is 1. The van der Waals surface area contributed by atoms with Gasteiger partial charge in [0.25, 0.3) is 5.91 Å². The quantitative estimate of drug-likeness (QED) is 0.855. The van der Waals surface area contributed by atoms with Gasteiger partial charge in [0.05, 0.1) is 0 Å². The molecule has 2 aliphatic rings. The first kappa shape index (κ1) is 12.1. The van der Waals surface area contributed by atoms with Crippen LogP contribution in [0.15, 0.2) is 22.8 Å². The van der Waals surface area contributed by atoms with Gasteiger partial charge >= 0.3 is 0 Å². The molecule has 3 atom stereocenters. The molecule has 3 unspecified atom stereocenters. The minimum atomic E-state index is 0.0457. The molecule has 1 aromatic heterocycles. The Balaban J connectivity index is 1.84. The van der Waals surface area contributed by atoms with E-state index < -0.39 is 0 Å². The molecule has 0 saturated carbocycles. The Hall–Kier alpha value is -0.940. The lowest BCUT2D eigenvalue weighted by atomic mass is 9.95. The second kappa shape index (κ2) is 4.63. The normalized spacial score (nSPS) is 30.6. The Labute approximate surface area is 115 Å². The van der Waals surface area contributed by atoms with Crippen molar-refractivity contribution in [2.24, 2.45) is 11.8 Å². The molecule has 3 rings (SSSR count). The maximum Gasteiger partial charge on any atom is 0.273 e. The summed E-state index contributed by atoms with van der Waals surface area (Å²) in [6.07, 6.45) is 1.67. The molecule has 4 nitrogen and oxygen atoms in total. The summed E-state index contributed by atoms with van der Waals surface area (Å²) in [4.78, 5) is 18.7. The van der Waals surface area contributed by atoms with E-state index in [1.807, 2.05) is 17.0 Å². The Bertz CT molecular complexity index is 479. The summed E-state index contributed by atoms with van der Waals surface area (Å²) in [5.74, 6) is 1.24. The highest BCUT2D eigenvalue weighted by Gasteiger charge is 2.44. The molecular weight excluding hydrogens is 294 g/mol. The van der Waals surface area contributed by atoms with Crippen molar-refractivity contribution in [3.63, 3.8) is 0 Å². The molecule has 0 spiro atoms. The third-order valence-corrected chi connectivity index (χ3v) is 4.80. The molecule has 2 fully saturated rings. The monoisotopic (exact) mass is 309 g/mol. The summed E-state index contributed by atoms with van der Waals surface area (Å²) < 4.78 is 0.775. The second-order valence-corrected chi connectivity index (χ2v) is 5.97. The van der Waals surface area contributed by atoms with E-state index in [1.54, 1.807) is 6.20 Å². The van der Waals surface area contributed by atoms with Crippen LogP contribution in [0.25, 0.3) is 0 Å². The van der Waals surface area contributed by atoms with Crippen LogP contribution in [0.1, 0.15) is 17.4 Å². The number of hydrogen-bond donors (Lipinski definition) is 1. The van der Waals surface area contributed by atoms with E-state index in [1.165, 1.54) is 0 Å². The molecule has 18 heavy (non-hydrogen) atoms. The molecule has 5 heteroatoms. The zero-order valence-corrected chi connectivity index (χ0v) is 11.9. The molecule has 1 aromatic rings. The summed E-state index contributed by atoms with van der Waals surface area (Å²) in [6.45, 7) is 5.05. The zero-order chi connectivity index (χ0) is 12.7. The number of rotatable bonds is 1. The molecule has 2 saturated heterocycles. The molecule has 0 bridgehead atoms. The van der Waals surface area contributed by atoms with Crippen molar-refractivity contribution in [1.29, 1.82) is 0 Å². The van der Waals surface area contributed by atoms with Crippen LogP contribution in [0.5, 0.6) is 0 Å². The Kier molecular flexibility index (Phi) is 3.11. The largest absolute Gasteiger partial charge is 0.334 e. The lowest BCUT2D eigenvalue weighted by Gasteiger charge is -2.24. The van der Waals surface area contributed by atoms with Gasteiger partial charge in [-0.1, -0.05) is 0 Å². The summed E-state index contributed by atoms with van der Waals surface area (Å²) in [6, 6.07) is 3.99. The van der Waals surface area contributed by atoms with Crippen LogP contribution in [0, 0.1) is 11.8 Å². The first-order valence-electron chi connectivity index (χ1n) is 6.30. The van der Waals surface area contributed by atoms with Gasteiger partial charge in [-0.05, 0) is 46.8 Å². The lowest BCUT2D eigenvalue weighted by molar-refractivity contribution is 0.0721. The number of nitrogens with one attached hydrogen (secondary N) is 1. The van der Waals surface area contributed by atoms with Crippen LogP contribution in [-0.2, 0) is 0 Å². The van der Waals surface area contributed by atoms with Crippen molar-refractivity contribution in [1.82, 2.24) is 15.2 Å². The van der Waals surface area contributed by atoms with E-state index in [4.69, 9.17) is 0 Å². The SMILES string of the molecule is CC1C2CNCC2CN1C(=O)c1ncccc1Br. The van der Waals surface area contributed by atoms with Crippen LogP contribution >= 0.6 is 15.9 Å². The van der Waals surface area contributed by atoms with Gasteiger partial charge in [-0.2, -0.15) is 0 Å². The van der Waals surface area contributed by atoms with Gasteiger partial charge < -0.3 is 10.2 Å². The first-order valence-corrected chi connectivity index (χ1v) is 7.10. The number of nitrogens with zero attached hydrogens (tertiary/aromatic N) is 2. The second-order valence-electron chi connectivity index (χ2n) is 5.11. The van der Waals surface area contributed by atoms with Gasteiger partial charge in [0.2, 0.25) is 0 Å². The van der Waals surface area contributed by atoms with Gasteiger partial charge in [-0.15, -0.1) is 0 Å². The highest BCUT2D eigenvalue weighted by atomic mass is 79.9. The van der Waals surface area contributed by atoms with E-state index in [0.717, 1.165) is 24.1 Å². The Morgan fingerprint density at radius 2 is 2.39 bits per heavy atom. The van der Waals surface area contributed by atoms with Crippen molar-refractivity contribution in [3.05, 3.63) is 28.5 Å². The average molecular weight is 310 g/mol. The maximum absolute atomic E-state index is 12.5. The summed E-state index contributed by atoms with van der Waals surface area (Å²) in [5, 5.41) is 3.40. The van der Waals surface area contributed by atoms with E-state index >= 15 is 0 Å². The summed E-state index contributed by atoms with van der Waals surface area (Å²) in [5.41, 5.74) is 0.525. The Morgan fingerprint density at radius 3 is 3.11 bits per heavy atom.